The topological polar surface area (TPSA) is 89.8 Å². The predicted molar refractivity (Wildman–Crippen MR) is 89.5 cm³/mol. The molecule has 2 rings (SSSR count). The molecule has 2 aromatic carbocycles. The van der Waals surface area contributed by atoms with Crippen LogP contribution in [0.25, 0.3) is 0 Å². The van der Waals surface area contributed by atoms with Crippen LogP contribution in [-0.2, 0) is 16.6 Å². The first-order valence-corrected chi connectivity index (χ1v) is 8.55. The lowest BCUT2D eigenvalue weighted by molar-refractivity contribution is -0.385. The van der Waals surface area contributed by atoms with Crippen LogP contribution in [0.3, 0.4) is 0 Å². The van der Waals surface area contributed by atoms with Gasteiger partial charge in [0.15, 0.2) is 0 Å². The molecule has 0 saturated carbocycles. The van der Waals surface area contributed by atoms with E-state index in [0.717, 1.165) is 4.31 Å². The Bertz CT molecular complexity index is 863. The Morgan fingerprint density at radius 3 is 2.46 bits per heavy atom. The summed E-state index contributed by atoms with van der Waals surface area (Å²) in [5.41, 5.74) is 1.22. The second kappa shape index (κ2) is 6.98. The predicted octanol–water partition coefficient (Wildman–Crippen LogP) is 2.73. The second-order valence-electron chi connectivity index (χ2n) is 5.43. The van der Waals surface area contributed by atoms with Crippen LogP contribution in [0.2, 0.25) is 0 Å². The number of nitrogens with zero attached hydrogens (tertiary/aromatic N) is 2. The fourth-order valence-electron chi connectivity index (χ4n) is 2.10. The van der Waals surface area contributed by atoms with E-state index in [9.17, 15) is 18.5 Å². The van der Waals surface area contributed by atoms with Crippen LogP contribution in [0.1, 0.15) is 11.1 Å². The number of hydrogen-bond acceptors (Lipinski definition) is 5. The highest BCUT2D eigenvalue weighted by atomic mass is 32.2. The highest BCUT2D eigenvalue weighted by Gasteiger charge is 2.17. The largest absolute Gasteiger partial charge is 0.489 e. The van der Waals surface area contributed by atoms with Gasteiger partial charge in [-0.3, -0.25) is 10.1 Å². The van der Waals surface area contributed by atoms with Crippen molar-refractivity contribution >= 4 is 15.7 Å². The van der Waals surface area contributed by atoms with Crippen LogP contribution < -0.4 is 4.74 Å². The first kappa shape index (κ1) is 17.9. The molecule has 128 valence electrons. The Kier molecular flexibility index (Phi) is 5.20. The zero-order valence-corrected chi connectivity index (χ0v) is 14.4. The van der Waals surface area contributed by atoms with Gasteiger partial charge in [0.2, 0.25) is 10.0 Å². The van der Waals surface area contributed by atoms with Gasteiger partial charge in [-0.2, -0.15) is 0 Å². The second-order valence-corrected chi connectivity index (χ2v) is 7.58. The number of hydrogen-bond donors (Lipinski definition) is 0. The van der Waals surface area contributed by atoms with Crippen LogP contribution in [-0.4, -0.2) is 31.7 Å². The first-order chi connectivity index (χ1) is 11.2. The number of nitro groups is 1. The molecular formula is C16H18N2O5S. The van der Waals surface area contributed by atoms with Crippen LogP contribution in [0, 0.1) is 17.0 Å². The Morgan fingerprint density at radius 1 is 1.17 bits per heavy atom. The van der Waals surface area contributed by atoms with Gasteiger partial charge in [0.1, 0.15) is 12.4 Å². The van der Waals surface area contributed by atoms with Crippen LogP contribution in [0.15, 0.2) is 47.4 Å². The van der Waals surface area contributed by atoms with Crippen molar-refractivity contribution in [1.82, 2.24) is 4.31 Å². The van der Waals surface area contributed by atoms with Gasteiger partial charge < -0.3 is 4.74 Å². The van der Waals surface area contributed by atoms with E-state index in [-0.39, 0.29) is 17.2 Å². The summed E-state index contributed by atoms with van der Waals surface area (Å²) in [7, 11) is -0.561. The summed E-state index contributed by atoms with van der Waals surface area (Å²) in [6.45, 7) is 1.79. The standard InChI is InChI=1S/C16H18N2O5S/c1-12-9-14(7-8-16(12)18(19)20)23-11-13-5-4-6-15(10-13)24(21,22)17(2)3/h4-10H,11H2,1-3H3. The van der Waals surface area contributed by atoms with E-state index in [4.69, 9.17) is 4.74 Å². The molecule has 0 amide bonds. The smallest absolute Gasteiger partial charge is 0.272 e. The Morgan fingerprint density at radius 2 is 1.88 bits per heavy atom. The summed E-state index contributed by atoms with van der Waals surface area (Å²) in [5.74, 6) is 0.485. The Balaban J connectivity index is 2.16. The number of rotatable bonds is 6. The van der Waals surface area contributed by atoms with Gasteiger partial charge >= 0.3 is 0 Å². The summed E-state index contributed by atoms with van der Waals surface area (Å²) in [5, 5.41) is 10.8. The minimum absolute atomic E-state index is 0.0291. The van der Waals surface area contributed by atoms with E-state index in [0.29, 0.717) is 16.9 Å². The van der Waals surface area contributed by atoms with E-state index >= 15 is 0 Å². The van der Waals surface area contributed by atoms with E-state index < -0.39 is 14.9 Å². The van der Waals surface area contributed by atoms with Gasteiger partial charge in [-0.25, -0.2) is 12.7 Å². The van der Waals surface area contributed by atoms with Gasteiger partial charge in [0.05, 0.1) is 9.82 Å². The molecule has 0 aromatic heterocycles. The maximum absolute atomic E-state index is 12.1. The van der Waals surface area contributed by atoms with Crippen molar-refractivity contribution in [2.45, 2.75) is 18.4 Å². The molecule has 0 unspecified atom stereocenters. The Labute approximate surface area is 140 Å². The average molecular weight is 350 g/mol. The lowest BCUT2D eigenvalue weighted by Gasteiger charge is -2.13. The minimum atomic E-state index is -3.50. The molecule has 0 heterocycles. The molecule has 0 radical (unpaired) electrons. The zero-order valence-electron chi connectivity index (χ0n) is 13.6. The van der Waals surface area contributed by atoms with E-state index in [2.05, 4.69) is 0 Å². The molecule has 0 aliphatic rings. The molecule has 7 nitrogen and oxygen atoms in total. The first-order valence-electron chi connectivity index (χ1n) is 7.11. The minimum Gasteiger partial charge on any atom is -0.489 e. The lowest BCUT2D eigenvalue weighted by atomic mass is 10.2. The normalized spacial score (nSPS) is 11.5. The van der Waals surface area contributed by atoms with Gasteiger partial charge in [0.25, 0.3) is 5.69 Å². The van der Waals surface area contributed by atoms with E-state index in [1.54, 1.807) is 31.2 Å². The summed E-state index contributed by atoms with van der Waals surface area (Å²) in [6.07, 6.45) is 0. The molecule has 0 N–H and O–H groups in total. The molecule has 0 spiro atoms. The van der Waals surface area contributed by atoms with Crippen molar-refractivity contribution in [2.75, 3.05) is 14.1 Å². The summed E-state index contributed by atoms with van der Waals surface area (Å²) in [4.78, 5) is 10.5. The maximum Gasteiger partial charge on any atom is 0.272 e. The van der Waals surface area contributed by atoms with E-state index in [1.165, 1.54) is 32.3 Å². The lowest BCUT2D eigenvalue weighted by Crippen LogP contribution is -2.22. The molecule has 24 heavy (non-hydrogen) atoms. The third-order valence-corrected chi connectivity index (χ3v) is 5.26. The molecular weight excluding hydrogens is 332 g/mol. The molecule has 0 aliphatic carbocycles. The fourth-order valence-corrected chi connectivity index (χ4v) is 3.07. The third kappa shape index (κ3) is 3.90. The number of aryl methyl sites for hydroxylation is 1. The van der Waals surface area contributed by atoms with Crippen LogP contribution in [0.5, 0.6) is 5.75 Å². The molecule has 0 fully saturated rings. The fraction of sp³-hybridized carbons (Fsp3) is 0.250. The zero-order chi connectivity index (χ0) is 17.9. The third-order valence-electron chi connectivity index (χ3n) is 3.45. The van der Waals surface area contributed by atoms with Crippen molar-refractivity contribution in [3.05, 3.63) is 63.7 Å². The summed E-state index contributed by atoms with van der Waals surface area (Å²) in [6, 6.07) is 11.0. The number of nitro benzene ring substituents is 1. The van der Waals surface area contributed by atoms with E-state index in [1.807, 2.05) is 0 Å². The van der Waals surface area contributed by atoms with Crippen LogP contribution in [0.4, 0.5) is 5.69 Å². The summed E-state index contributed by atoms with van der Waals surface area (Å²) < 4.78 is 31.0. The van der Waals surface area contributed by atoms with Crippen molar-refractivity contribution in [2.24, 2.45) is 0 Å². The maximum atomic E-state index is 12.1. The quantitative estimate of drug-likeness (QED) is 0.590. The van der Waals surface area contributed by atoms with Crippen molar-refractivity contribution in [3.63, 3.8) is 0 Å². The number of sulfonamides is 1. The van der Waals surface area contributed by atoms with Gasteiger partial charge in [-0.1, -0.05) is 12.1 Å². The molecule has 0 bridgehead atoms. The molecule has 0 atom stereocenters. The van der Waals surface area contributed by atoms with Crippen molar-refractivity contribution in [3.8, 4) is 5.75 Å². The molecule has 8 heteroatoms. The van der Waals surface area contributed by atoms with Crippen molar-refractivity contribution in [1.29, 1.82) is 0 Å². The SMILES string of the molecule is Cc1cc(OCc2cccc(S(=O)(=O)N(C)C)c2)ccc1[N+](=O)[O-]. The van der Waals surface area contributed by atoms with Gasteiger partial charge in [-0.15, -0.1) is 0 Å². The molecule has 0 saturated heterocycles. The molecule has 2 aromatic rings. The average Bonchev–Trinajstić information content (AvgIpc) is 2.52. The highest BCUT2D eigenvalue weighted by Crippen LogP contribution is 2.24. The van der Waals surface area contributed by atoms with Crippen molar-refractivity contribution < 1.29 is 18.1 Å². The highest BCUT2D eigenvalue weighted by molar-refractivity contribution is 7.89. The summed E-state index contributed by atoms with van der Waals surface area (Å²) >= 11 is 0. The van der Waals surface area contributed by atoms with Crippen LogP contribution >= 0.6 is 0 Å². The molecule has 0 aliphatic heterocycles. The number of benzene rings is 2. The monoisotopic (exact) mass is 350 g/mol. The van der Waals surface area contributed by atoms with Gasteiger partial charge in [0, 0.05) is 25.7 Å². The number of ether oxygens (including phenoxy) is 1. The van der Waals surface area contributed by atoms with Gasteiger partial charge in [-0.05, 0) is 36.8 Å². The Hall–Kier alpha value is -2.45.